The molecule has 0 aliphatic heterocycles. The molecule has 1 aromatic rings. The number of aryl methyl sites for hydroxylation is 2. The maximum Gasteiger partial charge on any atom is 0.323 e. The minimum absolute atomic E-state index is 0.0799. The molecule has 19 heavy (non-hydrogen) atoms. The topological polar surface area (TPSA) is 98.3 Å². The Kier molecular flexibility index (Phi) is 4.56. The third kappa shape index (κ3) is 3.25. The zero-order chi connectivity index (χ0) is 14.8. The van der Waals surface area contributed by atoms with E-state index < -0.39 is 15.6 Å². The normalized spacial score (nSPS) is 11.6. The Morgan fingerprint density at radius 3 is 2.58 bits per heavy atom. The minimum Gasteiger partial charge on any atom is -0.480 e. The van der Waals surface area contributed by atoms with Crippen LogP contribution in [-0.2, 0) is 18.3 Å². The lowest BCUT2D eigenvalue weighted by molar-refractivity contribution is -0.388. The van der Waals surface area contributed by atoms with Gasteiger partial charge in [-0.15, -0.1) is 0 Å². The van der Waals surface area contributed by atoms with Crippen LogP contribution < -0.4 is 0 Å². The number of carboxylic acids is 1. The number of carbonyl (C=O) groups is 1. The molecule has 0 atom stereocenters. The molecule has 1 N–H and O–H groups in total. The van der Waals surface area contributed by atoms with Crippen molar-refractivity contribution in [2.24, 2.45) is 7.05 Å². The van der Waals surface area contributed by atoms with Gasteiger partial charge in [-0.3, -0.25) is 19.6 Å². The molecule has 1 rings (SSSR count). The number of aromatic nitrogens is 2. The molecule has 7 nitrogen and oxygen atoms in total. The van der Waals surface area contributed by atoms with Crippen molar-refractivity contribution in [1.29, 1.82) is 0 Å². The number of aliphatic carboxylic acids is 1. The molecule has 0 radical (unpaired) electrons. The van der Waals surface area contributed by atoms with Crippen molar-refractivity contribution in [2.75, 3.05) is 0 Å². The van der Waals surface area contributed by atoms with Gasteiger partial charge in [-0.05, 0) is 20.3 Å². The Balaban J connectivity index is 3.27. The van der Waals surface area contributed by atoms with E-state index in [1.54, 1.807) is 7.05 Å². The second kappa shape index (κ2) is 5.60. The first-order valence-corrected chi connectivity index (χ1v) is 6.65. The van der Waals surface area contributed by atoms with Crippen LogP contribution in [0.2, 0.25) is 0 Å². The number of carboxylic acid groups (broad SMARTS) is 1. The SMILES string of the molecule is CCCc1nn(C)c(SC(C)(C)C(=O)O)c1[N+](=O)[O-]. The highest BCUT2D eigenvalue weighted by atomic mass is 32.2. The van der Waals surface area contributed by atoms with E-state index in [2.05, 4.69) is 5.10 Å². The Morgan fingerprint density at radius 1 is 1.58 bits per heavy atom. The summed E-state index contributed by atoms with van der Waals surface area (Å²) in [5, 5.41) is 24.7. The highest BCUT2D eigenvalue weighted by Crippen LogP contribution is 2.39. The van der Waals surface area contributed by atoms with E-state index >= 15 is 0 Å². The van der Waals surface area contributed by atoms with Crippen LogP contribution in [0.4, 0.5) is 5.69 Å². The van der Waals surface area contributed by atoms with E-state index in [1.807, 2.05) is 6.92 Å². The summed E-state index contributed by atoms with van der Waals surface area (Å²) in [5.41, 5.74) is 0.322. The maximum absolute atomic E-state index is 11.2. The highest BCUT2D eigenvalue weighted by molar-refractivity contribution is 8.01. The van der Waals surface area contributed by atoms with Crippen LogP contribution in [0.3, 0.4) is 0 Å². The van der Waals surface area contributed by atoms with Crippen LogP contribution in [0.25, 0.3) is 0 Å². The Bertz CT molecular complexity index is 510. The number of thioether (sulfide) groups is 1. The second-order valence-corrected chi connectivity index (χ2v) is 6.26. The summed E-state index contributed by atoms with van der Waals surface area (Å²) in [5.74, 6) is -1.02. The second-order valence-electron chi connectivity index (χ2n) is 4.65. The number of nitrogens with zero attached hydrogens (tertiary/aromatic N) is 3. The molecule has 0 bridgehead atoms. The van der Waals surface area contributed by atoms with Gasteiger partial charge in [0.1, 0.15) is 10.4 Å². The molecule has 0 spiro atoms. The molecule has 8 heteroatoms. The highest BCUT2D eigenvalue weighted by Gasteiger charge is 2.35. The van der Waals surface area contributed by atoms with Gasteiger partial charge in [-0.1, -0.05) is 25.1 Å². The average molecular weight is 287 g/mol. The lowest BCUT2D eigenvalue weighted by atomic mass is 10.2. The Labute approximate surface area is 115 Å². The summed E-state index contributed by atoms with van der Waals surface area (Å²) in [7, 11) is 1.59. The number of rotatable bonds is 6. The van der Waals surface area contributed by atoms with Gasteiger partial charge >= 0.3 is 11.7 Å². The van der Waals surface area contributed by atoms with Crippen LogP contribution in [-0.4, -0.2) is 30.5 Å². The Morgan fingerprint density at radius 2 is 2.16 bits per heavy atom. The first-order valence-electron chi connectivity index (χ1n) is 5.83. The van der Waals surface area contributed by atoms with Crippen LogP contribution >= 0.6 is 11.8 Å². The molecule has 0 unspecified atom stereocenters. The molecular weight excluding hydrogens is 270 g/mol. The van der Waals surface area contributed by atoms with E-state index in [0.29, 0.717) is 12.1 Å². The van der Waals surface area contributed by atoms with Crippen LogP contribution in [0, 0.1) is 10.1 Å². The van der Waals surface area contributed by atoms with Gasteiger partial charge in [-0.25, -0.2) is 0 Å². The zero-order valence-electron chi connectivity index (χ0n) is 11.3. The van der Waals surface area contributed by atoms with Crippen molar-refractivity contribution in [3.8, 4) is 0 Å². The smallest absolute Gasteiger partial charge is 0.323 e. The molecule has 0 aromatic carbocycles. The molecule has 0 aliphatic rings. The summed E-state index contributed by atoms with van der Waals surface area (Å²) < 4.78 is 0.237. The molecule has 0 amide bonds. The standard InChI is InChI=1S/C11H17N3O4S/c1-5-6-7-8(14(17)18)9(13(4)12-7)19-11(2,3)10(15)16/h5-6H2,1-4H3,(H,15,16). The van der Waals surface area contributed by atoms with Crippen molar-refractivity contribution in [3.63, 3.8) is 0 Å². The van der Waals surface area contributed by atoms with Crippen LogP contribution in [0.15, 0.2) is 5.03 Å². The van der Waals surface area contributed by atoms with Crippen LogP contribution in [0.5, 0.6) is 0 Å². The number of hydrogen-bond donors (Lipinski definition) is 1. The zero-order valence-corrected chi connectivity index (χ0v) is 12.2. The van der Waals surface area contributed by atoms with Crippen molar-refractivity contribution in [1.82, 2.24) is 9.78 Å². The average Bonchev–Trinajstić information content (AvgIpc) is 2.55. The van der Waals surface area contributed by atoms with E-state index in [9.17, 15) is 14.9 Å². The third-order valence-corrected chi connectivity index (χ3v) is 3.91. The third-order valence-electron chi connectivity index (χ3n) is 2.58. The van der Waals surface area contributed by atoms with E-state index in [1.165, 1.54) is 18.5 Å². The van der Waals surface area contributed by atoms with Crippen molar-refractivity contribution >= 4 is 23.4 Å². The molecule has 1 heterocycles. The van der Waals surface area contributed by atoms with Gasteiger partial charge < -0.3 is 5.11 Å². The lowest BCUT2D eigenvalue weighted by Crippen LogP contribution is -2.27. The molecule has 106 valence electrons. The van der Waals surface area contributed by atoms with Gasteiger partial charge in [0.25, 0.3) is 0 Å². The minimum atomic E-state index is -1.15. The number of nitro groups is 1. The maximum atomic E-state index is 11.2. The van der Waals surface area contributed by atoms with E-state index in [4.69, 9.17) is 5.11 Å². The fourth-order valence-electron chi connectivity index (χ4n) is 1.54. The van der Waals surface area contributed by atoms with Crippen molar-refractivity contribution < 1.29 is 14.8 Å². The monoisotopic (exact) mass is 287 g/mol. The summed E-state index contributed by atoms with van der Waals surface area (Å²) in [6, 6.07) is 0. The predicted octanol–water partition coefficient (Wildman–Crippen LogP) is 2.24. The largest absolute Gasteiger partial charge is 0.480 e. The summed E-state index contributed by atoms with van der Waals surface area (Å²) in [4.78, 5) is 21.8. The molecule has 0 aliphatic carbocycles. The van der Waals surface area contributed by atoms with E-state index in [0.717, 1.165) is 18.2 Å². The number of hydrogen-bond acceptors (Lipinski definition) is 5. The van der Waals surface area contributed by atoms with Gasteiger partial charge in [-0.2, -0.15) is 5.10 Å². The molecule has 0 saturated carbocycles. The summed E-state index contributed by atoms with van der Waals surface area (Å²) in [6.45, 7) is 4.93. The molecular formula is C11H17N3O4S. The van der Waals surface area contributed by atoms with E-state index in [-0.39, 0.29) is 10.7 Å². The van der Waals surface area contributed by atoms with Crippen LogP contribution in [0.1, 0.15) is 32.9 Å². The molecule has 1 aromatic heterocycles. The van der Waals surface area contributed by atoms with Gasteiger partial charge in [0.15, 0.2) is 5.03 Å². The van der Waals surface area contributed by atoms with Gasteiger partial charge in [0, 0.05) is 7.05 Å². The summed E-state index contributed by atoms with van der Waals surface area (Å²) in [6.07, 6.45) is 1.24. The van der Waals surface area contributed by atoms with Crippen molar-refractivity contribution in [2.45, 2.75) is 43.4 Å². The fraction of sp³-hybridized carbons (Fsp3) is 0.636. The van der Waals surface area contributed by atoms with Crippen molar-refractivity contribution in [3.05, 3.63) is 15.8 Å². The molecule has 0 saturated heterocycles. The first kappa shape index (κ1) is 15.5. The molecule has 0 fully saturated rings. The quantitative estimate of drug-likeness (QED) is 0.489. The Hall–Kier alpha value is -1.57. The lowest BCUT2D eigenvalue weighted by Gasteiger charge is -2.17. The summed E-state index contributed by atoms with van der Waals surface area (Å²) >= 11 is 0.942. The van der Waals surface area contributed by atoms with Gasteiger partial charge in [0.05, 0.1) is 4.92 Å². The fourth-order valence-corrected chi connectivity index (χ4v) is 2.57. The van der Waals surface area contributed by atoms with Gasteiger partial charge in [0.2, 0.25) is 0 Å². The first-order chi connectivity index (χ1) is 8.70. The predicted molar refractivity (Wildman–Crippen MR) is 71.4 cm³/mol.